The van der Waals surface area contributed by atoms with E-state index in [0.29, 0.717) is 19.6 Å². The minimum atomic E-state index is -0.459. The third kappa shape index (κ3) is 3.31. The van der Waals surface area contributed by atoms with E-state index in [0.717, 1.165) is 12.0 Å². The van der Waals surface area contributed by atoms with Crippen LogP contribution < -0.4 is 0 Å². The van der Waals surface area contributed by atoms with Gasteiger partial charge < -0.3 is 14.9 Å². The van der Waals surface area contributed by atoms with Crippen LogP contribution >= 0.6 is 0 Å². The summed E-state index contributed by atoms with van der Waals surface area (Å²) in [6.07, 6.45) is 0.634. The topological polar surface area (TPSA) is 60.9 Å². The van der Waals surface area contributed by atoms with E-state index in [2.05, 4.69) is 0 Å². The van der Waals surface area contributed by atoms with Gasteiger partial charge in [0.2, 0.25) is 11.8 Å². The summed E-state index contributed by atoms with van der Waals surface area (Å²) in [6, 6.07) is 9.88. The van der Waals surface area contributed by atoms with Crippen LogP contribution in [-0.2, 0) is 9.59 Å². The number of hydrogen-bond acceptors (Lipinski definition) is 3. The van der Waals surface area contributed by atoms with Crippen LogP contribution in [0.2, 0.25) is 0 Å². The number of nitrogens with zero attached hydrogens (tertiary/aromatic N) is 2. The fraction of sp³-hybridized carbons (Fsp3) is 0.579. The maximum Gasteiger partial charge on any atom is 0.228 e. The Morgan fingerprint density at radius 1 is 1.25 bits per heavy atom. The Hall–Kier alpha value is -1.88. The van der Waals surface area contributed by atoms with Gasteiger partial charge in [-0.2, -0.15) is 0 Å². The molecule has 2 saturated heterocycles. The molecule has 1 aromatic rings. The average Bonchev–Trinajstić information content (AvgIpc) is 2.98. The van der Waals surface area contributed by atoms with Crippen molar-refractivity contribution >= 4 is 11.8 Å². The van der Waals surface area contributed by atoms with Gasteiger partial charge in [0.15, 0.2) is 0 Å². The zero-order valence-electron chi connectivity index (χ0n) is 14.4. The van der Waals surface area contributed by atoms with Crippen molar-refractivity contribution in [3.05, 3.63) is 35.9 Å². The molecule has 0 aromatic heterocycles. The number of piperidine rings is 1. The number of amides is 2. The first-order valence-corrected chi connectivity index (χ1v) is 8.78. The van der Waals surface area contributed by atoms with Crippen molar-refractivity contribution in [1.82, 2.24) is 9.80 Å². The molecule has 24 heavy (non-hydrogen) atoms. The van der Waals surface area contributed by atoms with Crippen molar-refractivity contribution in [2.24, 2.45) is 11.8 Å². The Morgan fingerprint density at radius 2 is 1.96 bits per heavy atom. The number of carbonyl (C=O) groups excluding carboxylic acids is 2. The molecule has 3 rings (SSSR count). The molecule has 2 heterocycles. The lowest BCUT2D eigenvalue weighted by Crippen LogP contribution is -2.48. The van der Waals surface area contributed by atoms with Gasteiger partial charge in [-0.1, -0.05) is 37.3 Å². The normalized spacial score (nSPS) is 29.0. The van der Waals surface area contributed by atoms with Crippen LogP contribution in [-0.4, -0.2) is 52.5 Å². The summed E-state index contributed by atoms with van der Waals surface area (Å²) >= 11 is 0. The maximum atomic E-state index is 12.7. The zero-order chi connectivity index (χ0) is 17.3. The molecule has 0 bridgehead atoms. The van der Waals surface area contributed by atoms with Gasteiger partial charge in [0.05, 0.1) is 18.1 Å². The second kappa shape index (κ2) is 6.93. The number of likely N-dealkylation sites (tertiary alicyclic amines) is 2. The molecule has 4 unspecified atom stereocenters. The summed E-state index contributed by atoms with van der Waals surface area (Å²) in [5, 5.41) is 10.0. The van der Waals surface area contributed by atoms with Gasteiger partial charge >= 0.3 is 0 Å². The van der Waals surface area contributed by atoms with E-state index in [1.54, 1.807) is 9.80 Å². The van der Waals surface area contributed by atoms with E-state index in [9.17, 15) is 14.7 Å². The fourth-order valence-electron chi connectivity index (χ4n) is 3.69. The molecule has 2 aliphatic rings. The van der Waals surface area contributed by atoms with Crippen LogP contribution in [0.1, 0.15) is 38.3 Å². The second-order valence-corrected chi connectivity index (χ2v) is 7.15. The van der Waals surface area contributed by atoms with Crippen molar-refractivity contribution in [1.29, 1.82) is 0 Å². The van der Waals surface area contributed by atoms with Crippen molar-refractivity contribution in [3.8, 4) is 0 Å². The number of hydrogen-bond donors (Lipinski definition) is 1. The fourth-order valence-corrected chi connectivity index (χ4v) is 3.69. The molecule has 4 atom stereocenters. The predicted molar refractivity (Wildman–Crippen MR) is 91.0 cm³/mol. The lowest BCUT2D eigenvalue weighted by atomic mass is 9.94. The largest absolute Gasteiger partial charge is 0.391 e. The van der Waals surface area contributed by atoms with Gasteiger partial charge in [0.25, 0.3) is 0 Å². The molecule has 5 heteroatoms. The number of benzene rings is 1. The Kier molecular flexibility index (Phi) is 4.90. The lowest BCUT2D eigenvalue weighted by molar-refractivity contribution is -0.139. The highest BCUT2D eigenvalue weighted by Crippen LogP contribution is 2.30. The summed E-state index contributed by atoms with van der Waals surface area (Å²) in [4.78, 5) is 28.7. The number of aliphatic hydroxyl groups excluding tert-OH is 1. The highest BCUT2D eigenvalue weighted by Gasteiger charge is 2.40. The van der Waals surface area contributed by atoms with Gasteiger partial charge in [0.1, 0.15) is 0 Å². The lowest BCUT2D eigenvalue weighted by Gasteiger charge is -2.35. The van der Waals surface area contributed by atoms with Crippen molar-refractivity contribution in [2.45, 2.75) is 38.8 Å². The monoisotopic (exact) mass is 330 g/mol. The quantitative estimate of drug-likeness (QED) is 0.920. The number of carbonyl (C=O) groups is 2. The predicted octanol–water partition coefficient (Wildman–Crippen LogP) is 1.83. The zero-order valence-corrected chi connectivity index (χ0v) is 14.4. The highest BCUT2D eigenvalue weighted by atomic mass is 16.3. The molecular formula is C19H26N2O3. The van der Waals surface area contributed by atoms with Gasteiger partial charge in [-0.3, -0.25) is 9.59 Å². The van der Waals surface area contributed by atoms with Gasteiger partial charge in [-0.25, -0.2) is 0 Å². The summed E-state index contributed by atoms with van der Waals surface area (Å²) in [6.45, 7) is 5.55. The summed E-state index contributed by atoms with van der Waals surface area (Å²) in [5.41, 5.74) is 1.08. The highest BCUT2D eigenvalue weighted by molar-refractivity contribution is 5.89. The third-order valence-corrected chi connectivity index (χ3v) is 5.49. The number of rotatable bonds is 3. The molecular weight excluding hydrogens is 304 g/mol. The van der Waals surface area contributed by atoms with Crippen LogP contribution in [0.3, 0.4) is 0 Å². The minimum absolute atomic E-state index is 0.0112. The first-order valence-electron chi connectivity index (χ1n) is 8.78. The molecule has 2 amide bonds. The molecule has 130 valence electrons. The van der Waals surface area contributed by atoms with Gasteiger partial charge in [-0.15, -0.1) is 0 Å². The Morgan fingerprint density at radius 3 is 2.62 bits per heavy atom. The van der Waals surface area contributed by atoms with Crippen LogP contribution in [0.4, 0.5) is 0 Å². The van der Waals surface area contributed by atoms with Crippen molar-refractivity contribution in [2.75, 3.05) is 19.6 Å². The Balaban J connectivity index is 1.65. The second-order valence-electron chi connectivity index (χ2n) is 7.15. The Labute approximate surface area is 143 Å². The van der Waals surface area contributed by atoms with E-state index in [-0.39, 0.29) is 36.1 Å². The van der Waals surface area contributed by atoms with E-state index < -0.39 is 6.10 Å². The third-order valence-electron chi connectivity index (χ3n) is 5.49. The van der Waals surface area contributed by atoms with Crippen molar-refractivity contribution < 1.29 is 14.7 Å². The average molecular weight is 330 g/mol. The summed E-state index contributed by atoms with van der Waals surface area (Å²) < 4.78 is 0. The Bertz CT molecular complexity index is 604. The van der Waals surface area contributed by atoms with Crippen LogP contribution in [0.15, 0.2) is 30.3 Å². The molecule has 1 N–H and O–H groups in total. The number of aliphatic hydroxyl groups is 1. The van der Waals surface area contributed by atoms with Gasteiger partial charge in [-0.05, 0) is 24.8 Å². The molecule has 0 saturated carbocycles. The van der Waals surface area contributed by atoms with E-state index in [1.165, 1.54) is 0 Å². The maximum absolute atomic E-state index is 12.7. The standard InChI is InChI=1S/C19H26N2O3/c1-13-8-9-20(12-17(13)22)19(24)16-10-18(23)21(11-16)14(2)15-6-4-3-5-7-15/h3-7,13-14,16-17,22H,8-12H2,1-2H3. The molecule has 1 aromatic carbocycles. The van der Waals surface area contributed by atoms with E-state index >= 15 is 0 Å². The SMILES string of the molecule is CC1CCN(C(=O)C2CC(=O)N(C(C)c3ccccc3)C2)CC1O. The smallest absolute Gasteiger partial charge is 0.228 e. The molecule has 0 aliphatic carbocycles. The first-order chi connectivity index (χ1) is 11.5. The summed E-state index contributed by atoms with van der Waals surface area (Å²) in [7, 11) is 0. The molecule has 2 aliphatic heterocycles. The van der Waals surface area contributed by atoms with Crippen LogP contribution in [0.5, 0.6) is 0 Å². The minimum Gasteiger partial charge on any atom is -0.391 e. The molecule has 2 fully saturated rings. The first kappa shape index (κ1) is 17.0. The van der Waals surface area contributed by atoms with Gasteiger partial charge in [0, 0.05) is 26.1 Å². The van der Waals surface area contributed by atoms with Crippen LogP contribution in [0, 0.1) is 11.8 Å². The summed E-state index contributed by atoms with van der Waals surface area (Å²) in [5.74, 6) is -0.00850. The van der Waals surface area contributed by atoms with E-state index in [1.807, 2.05) is 44.2 Å². The molecule has 5 nitrogen and oxygen atoms in total. The number of β-amino-alcohol motifs (C(OH)–C–C–N with tert-alkyl or cyclic N) is 1. The van der Waals surface area contributed by atoms with Crippen LogP contribution in [0.25, 0.3) is 0 Å². The van der Waals surface area contributed by atoms with E-state index in [4.69, 9.17) is 0 Å². The molecule has 0 radical (unpaired) electrons. The molecule has 0 spiro atoms. The van der Waals surface area contributed by atoms with Crippen molar-refractivity contribution in [3.63, 3.8) is 0 Å².